The number of hydrogen-bond donors (Lipinski definition) is 1. The minimum atomic E-state index is -0.729. The first kappa shape index (κ1) is 24.7. The maximum atomic E-state index is 11.6. The second-order valence-corrected chi connectivity index (χ2v) is 6.63. The van der Waals surface area contributed by atoms with Crippen molar-refractivity contribution in [2.45, 2.75) is 33.6 Å². The molecule has 0 heterocycles. The SMILES string of the molecule is CC(C)(C)C(=O)OCOC(=O)NCCCC(=O)Oc1ccc(Cl)cc1.[NaH]. The van der Waals surface area contributed by atoms with E-state index >= 15 is 0 Å². The van der Waals surface area contributed by atoms with Crippen LogP contribution in [0.3, 0.4) is 0 Å². The molecule has 0 aromatic heterocycles. The van der Waals surface area contributed by atoms with Gasteiger partial charge >= 0.3 is 47.6 Å². The Morgan fingerprint density at radius 1 is 1.08 bits per heavy atom. The van der Waals surface area contributed by atoms with Gasteiger partial charge in [0.25, 0.3) is 0 Å². The van der Waals surface area contributed by atoms with Crippen LogP contribution in [0.4, 0.5) is 4.79 Å². The van der Waals surface area contributed by atoms with E-state index in [0.29, 0.717) is 17.2 Å². The van der Waals surface area contributed by atoms with Crippen molar-refractivity contribution < 1.29 is 28.6 Å². The fraction of sp³-hybridized carbons (Fsp3) is 0.471. The molecule has 0 spiro atoms. The Hall–Kier alpha value is -1.28. The topological polar surface area (TPSA) is 90.9 Å². The number of halogens is 1. The van der Waals surface area contributed by atoms with Gasteiger partial charge in [0.15, 0.2) is 0 Å². The van der Waals surface area contributed by atoms with Gasteiger partial charge in [-0.25, -0.2) is 4.79 Å². The van der Waals surface area contributed by atoms with Crippen molar-refractivity contribution in [3.8, 4) is 5.75 Å². The summed E-state index contributed by atoms with van der Waals surface area (Å²) in [5, 5.41) is 3.00. The third kappa shape index (κ3) is 10.7. The van der Waals surface area contributed by atoms with Crippen LogP contribution >= 0.6 is 11.6 Å². The van der Waals surface area contributed by atoms with Gasteiger partial charge in [-0.15, -0.1) is 0 Å². The van der Waals surface area contributed by atoms with Crippen LogP contribution in [0, 0.1) is 5.41 Å². The fourth-order valence-corrected chi connectivity index (χ4v) is 1.64. The van der Waals surface area contributed by atoms with Crippen molar-refractivity contribution >= 4 is 59.2 Å². The summed E-state index contributed by atoms with van der Waals surface area (Å²) in [5.41, 5.74) is -0.662. The van der Waals surface area contributed by atoms with Gasteiger partial charge in [-0.3, -0.25) is 9.59 Å². The Morgan fingerprint density at radius 2 is 1.69 bits per heavy atom. The van der Waals surface area contributed by atoms with E-state index in [1.165, 1.54) is 0 Å². The monoisotopic (exact) mass is 395 g/mol. The molecule has 7 nitrogen and oxygen atoms in total. The average molecular weight is 396 g/mol. The molecule has 0 saturated carbocycles. The van der Waals surface area contributed by atoms with E-state index in [1.807, 2.05) is 0 Å². The number of esters is 2. The molecule has 0 radical (unpaired) electrons. The van der Waals surface area contributed by atoms with E-state index in [1.54, 1.807) is 45.0 Å². The van der Waals surface area contributed by atoms with Crippen molar-refractivity contribution in [2.24, 2.45) is 5.41 Å². The van der Waals surface area contributed by atoms with Gasteiger partial charge in [-0.05, 0) is 51.5 Å². The number of alkyl carbamates (subject to hydrolysis) is 1. The van der Waals surface area contributed by atoms with Crippen molar-refractivity contribution in [3.63, 3.8) is 0 Å². The third-order valence-corrected chi connectivity index (χ3v) is 3.12. The van der Waals surface area contributed by atoms with Crippen molar-refractivity contribution in [3.05, 3.63) is 29.3 Å². The van der Waals surface area contributed by atoms with Crippen LogP contribution in [0.1, 0.15) is 33.6 Å². The van der Waals surface area contributed by atoms with Crippen LogP contribution < -0.4 is 10.1 Å². The number of hydrogen-bond acceptors (Lipinski definition) is 6. The van der Waals surface area contributed by atoms with Gasteiger partial charge in [0, 0.05) is 18.0 Å². The zero-order valence-corrected chi connectivity index (χ0v) is 15.2. The molecule has 0 aliphatic heterocycles. The molecule has 140 valence electrons. The molecule has 1 rings (SSSR count). The molecule has 0 aliphatic rings. The predicted octanol–water partition coefficient (Wildman–Crippen LogP) is 2.65. The molecule has 1 aromatic rings. The van der Waals surface area contributed by atoms with Crippen molar-refractivity contribution in [1.82, 2.24) is 5.32 Å². The number of rotatable bonds is 7. The van der Waals surface area contributed by atoms with Crippen LogP contribution in [0.2, 0.25) is 5.02 Å². The number of benzene rings is 1. The van der Waals surface area contributed by atoms with Crippen LogP contribution in [-0.2, 0) is 19.1 Å². The van der Waals surface area contributed by atoms with Gasteiger partial charge in [-0.2, -0.15) is 0 Å². The Morgan fingerprint density at radius 3 is 2.27 bits per heavy atom. The van der Waals surface area contributed by atoms with E-state index in [4.69, 9.17) is 25.8 Å². The minimum absolute atomic E-state index is 0. The first-order valence-electron chi connectivity index (χ1n) is 7.72. The van der Waals surface area contributed by atoms with Crippen LogP contribution in [0.15, 0.2) is 24.3 Å². The number of carbonyl (C=O) groups excluding carboxylic acids is 3. The Balaban J connectivity index is 0.00000625. The second kappa shape index (κ2) is 12.2. The summed E-state index contributed by atoms with van der Waals surface area (Å²) < 4.78 is 14.6. The summed E-state index contributed by atoms with van der Waals surface area (Å²) >= 11 is 5.74. The first-order chi connectivity index (χ1) is 11.7. The van der Waals surface area contributed by atoms with E-state index in [0.717, 1.165) is 0 Å². The summed E-state index contributed by atoms with van der Waals surface area (Å²) in [5.74, 6) is -0.482. The van der Waals surface area contributed by atoms with E-state index in [9.17, 15) is 14.4 Å². The predicted molar refractivity (Wildman–Crippen MR) is 98.4 cm³/mol. The molecule has 1 N–H and O–H groups in total. The molecule has 0 bridgehead atoms. The van der Waals surface area contributed by atoms with Gasteiger partial charge in [0.1, 0.15) is 5.75 Å². The summed E-state index contributed by atoms with van der Waals surface area (Å²) in [6.07, 6.45) is -0.224. The number of amides is 1. The summed E-state index contributed by atoms with van der Waals surface area (Å²) in [6, 6.07) is 6.42. The van der Waals surface area contributed by atoms with Gasteiger partial charge < -0.3 is 19.5 Å². The van der Waals surface area contributed by atoms with Crippen molar-refractivity contribution in [1.29, 1.82) is 0 Å². The fourth-order valence-electron chi connectivity index (χ4n) is 1.51. The summed E-state index contributed by atoms with van der Waals surface area (Å²) in [7, 11) is 0. The Kier molecular flexibility index (Phi) is 11.6. The number of ether oxygens (including phenoxy) is 3. The molecule has 0 aliphatic carbocycles. The summed E-state index contributed by atoms with van der Waals surface area (Å²) in [4.78, 5) is 34.5. The molecular formula is C17H23ClNNaO6. The van der Waals surface area contributed by atoms with Gasteiger partial charge in [0.2, 0.25) is 6.79 Å². The summed E-state index contributed by atoms with van der Waals surface area (Å²) in [6.45, 7) is 4.85. The number of carbonyl (C=O) groups is 3. The second-order valence-electron chi connectivity index (χ2n) is 6.19. The molecule has 1 amide bonds. The quantitative estimate of drug-likeness (QED) is 0.251. The first-order valence-corrected chi connectivity index (χ1v) is 8.10. The van der Waals surface area contributed by atoms with Gasteiger partial charge in [0.05, 0.1) is 5.41 Å². The molecule has 9 heteroatoms. The standard InChI is InChI=1S/C17H22ClNO6.Na.H/c1-17(2,3)15(21)23-11-24-16(22)19-10-4-5-14(20)25-13-8-6-12(18)7-9-13;;/h6-9H,4-5,10-11H2,1-3H3,(H,19,22);;. The zero-order valence-electron chi connectivity index (χ0n) is 14.5. The number of nitrogens with one attached hydrogen (secondary N) is 1. The Labute approximate surface area is 180 Å². The normalized spacial score (nSPS) is 10.3. The molecule has 0 unspecified atom stereocenters. The molecule has 0 fully saturated rings. The Bertz CT molecular complexity index is 600. The van der Waals surface area contributed by atoms with Crippen LogP contribution in [0.25, 0.3) is 0 Å². The molecule has 0 atom stereocenters. The van der Waals surface area contributed by atoms with E-state index in [2.05, 4.69) is 5.32 Å². The van der Waals surface area contributed by atoms with Crippen LogP contribution in [0.5, 0.6) is 5.75 Å². The third-order valence-electron chi connectivity index (χ3n) is 2.86. The molecule has 1 aromatic carbocycles. The molecular weight excluding hydrogens is 373 g/mol. The van der Waals surface area contributed by atoms with E-state index < -0.39 is 30.2 Å². The molecule has 26 heavy (non-hydrogen) atoms. The van der Waals surface area contributed by atoms with Crippen LogP contribution in [-0.4, -0.2) is 60.9 Å². The van der Waals surface area contributed by atoms with Gasteiger partial charge in [-0.1, -0.05) is 11.6 Å². The van der Waals surface area contributed by atoms with E-state index in [-0.39, 0.29) is 42.5 Å². The average Bonchev–Trinajstić information content (AvgIpc) is 2.53. The molecule has 0 saturated heterocycles. The zero-order chi connectivity index (χ0) is 18.9. The van der Waals surface area contributed by atoms with Crippen molar-refractivity contribution in [2.75, 3.05) is 13.3 Å². The maximum absolute atomic E-state index is 11.6.